The van der Waals surface area contributed by atoms with Crippen molar-refractivity contribution in [3.8, 4) is 17.2 Å². The fraction of sp³-hybridized carbons (Fsp3) is 0.257. The van der Waals surface area contributed by atoms with Crippen molar-refractivity contribution in [1.82, 2.24) is 14.2 Å². The van der Waals surface area contributed by atoms with E-state index in [1.807, 2.05) is 72.8 Å². The Hall–Kier alpha value is -4.82. The summed E-state index contributed by atoms with van der Waals surface area (Å²) in [6.45, 7) is 2.95. The number of methoxy groups -OCH3 is 1. The fourth-order valence-electron chi connectivity index (χ4n) is 6.17. The minimum atomic E-state index is -0.630. The molecule has 8 heteroatoms. The summed E-state index contributed by atoms with van der Waals surface area (Å²) < 4.78 is 14.8. The third-order valence-electron chi connectivity index (χ3n) is 8.48. The van der Waals surface area contributed by atoms with Crippen molar-refractivity contribution in [2.45, 2.75) is 26.3 Å². The van der Waals surface area contributed by atoms with Gasteiger partial charge in [0.2, 0.25) is 0 Å². The first kappa shape index (κ1) is 28.3. The molecule has 43 heavy (non-hydrogen) atoms. The summed E-state index contributed by atoms with van der Waals surface area (Å²) in [4.78, 5) is 33.5. The Morgan fingerprint density at radius 1 is 0.907 bits per heavy atom. The van der Waals surface area contributed by atoms with Crippen molar-refractivity contribution in [3.05, 3.63) is 117 Å². The van der Waals surface area contributed by atoms with Crippen LogP contribution >= 0.6 is 0 Å². The normalized spacial score (nSPS) is 16.7. The van der Waals surface area contributed by atoms with Crippen LogP contribution in [0.4, 0.5) is 0 Å². The van der Waals surface area contributed by atoms with Crippen LogP contribution < -0.4 is 15.2 Å². The minimum absolute atomic E-state index is 0.190. The van der Waals surface area contributed by atoms with E-state index < -0.39 is 5.41 Å². The van der Waals surface area contributed by atoms with Gasteiger partial charge in [-0.1, -0.05) is 49.4 Å². The lowest BCUT2D eigenvalue weighted by atomic mass is 9.75. The number of imidazole rings is 1. The van der Waals surface area contributed by atoms with Crippen molar-refractivity contribution in [1.29, 1.82) is 0 Å². The van der Waals surface area contributed by atoms with Gasteiger partial charge in [0.05, 0.1) is 37.9 Å². The number of carbonyl (C=O) groups excluding carboxylic acids is 1. The quantitative estimate of drug-likeness (QED) is 0.190. The number of carbonyl (C=O) groups is 1. The molecule has 1 heterocycles. The highest BCUT2D eigenvalue weighted by Gasteiger charge is 2.46. The summed E-state index contributed by atoms with van der Waals surface area (Å²) in [6, 6.07) is 25.3. The molecule has 0 fully saturated rings. The van der Waals surface area contributed by atoms with E-state index in [2.05, 4.69) is 25.1 Å². The molecule has 1 aromatic heterocycles. The maximum Gasteiger partial charge on any atom is 0.333 e. The Labute approximate surface area is 251 Å². The number of rotatable bonds is 9. The van der Waals surface area contributed by atoms with E-state index in [4.69, 9.17) is 14.3 Å². The summed E-state index contributed by atoms with van der Waals surface area (Å²) in [5.41, 5.74) is 5.09. The number of likely N-dealkylation sites (N-methyl/N-ethyl adjacent to an activating group) is 1. The fourth-order valence-corrected chi connectivity index (χ4v) is 6.17. The second-order valence-electron chi connectivity index (χ2n) is 11.0. The van der Waals surface area contributed by atoms with Crippen LogP contribution in [0, 0.1) is 5.41 Å². The third kappa shape index (κ3) is 4.97. The molecule has 0 N–H and O–H groups in total. The van der Waals surface area contributed by atoms with E-state index in [1.54, 1.807) is 23.3 Å². The molecule has 0 unspecified atom stereocenters. The van der Waals surface area contributed by atoms with Gasteiger partial charge < -0.3 is 9.47 Å². The summed E-state index contributed by atoms with van der Waals surface area (Å²) in [5, 5.41) is 1.25. The van der Waals surface area contributed by atoms with Crippen molar-refractivity contribution in [2.24, 2.45) is 5.41 Å². The highest BCUT2D eigenvalue weighted by molar-refractivity contribution is 6.07. The number of fused-ring (bicyclic) bond motifs is 4. The van der Waals surface area contributed by atoms with Gasteiger partial charge in [-0.25, -0.2) is 9.86 Å². The van der Waals surface area contributed by atoms with E-state index >= 15 is 0 Å². The molecule has 6 rings (SSSR count). The second-order valence-corrected chi connectivity index (χ2v) is 11.0. The van der Waals surface area contributed by atoms with Crippen molar-refractivity contribution in [2.75, 3.05) is 27.9 Å². The number of nitrogens with zero attached hydrogens (tertiary/aromatic N) is 3. The van der Waals surface area contributed by atoms with Crippen LogP contribution in [-0.2, 0) is 22.6 Å². The summed E-state index contributed by atoms with van der Waals surface area (Å²) in [5.74, 6) is 1.23. The van der Waals surface area contributed by atoms with Crippen molar-refractivity contribution in [3.63, 3.8) is 0 Å². The van der Waals surface area contributed by atoms with Gasteiger partial charge in [0.25, 0.3) is 5.91 Å². The molecule has 0 spiro atoms. The van der Waals surface area contributed by atoms with Crippen LogP contribution in [0.3, 0.4) is 0 Å². The monoisotopic (exact) mass is 577 g/mol. The molecule has 1 atom stereocenters. The molecule has 2 aliphatic rings. The SMILES string of the molecule is COc1ccc(-n2c3c(n(CCCOc4ccccc4)c2=O)C=C(C(=O)N(C)OC)[C@@]2(C)Cc4ccccc4C2=C3)cc1. The number of allylic oxidation sites excluding steroid dienone is 1. The topological polar surface area (TPSA) is 74.9 Å². The van der Waals surface area contributed by atoms with Crippen molar-refractivity contribution < 1.29 is 19.1 Å². The van der Waals surface area contributed by atoms with E-state index in [9.17, 15) is 9.59 Å². The Balaban J connectivity index is 1.53. The minimum Gasteiger partial charge on any atom is -0.497 e. The number of amides is 1. The zero-order valence-corrected chi connectivity index (χ0v) is 24.9. The van der Waals surface area contributed by atoms with Gasteiger partial charge in [-0.15, -0.1) is 0 Å². The maximum atomic E-state index is 14.2. The molecule has 1 amide bonds. The van der Waals surface area contributed by atoms with Gasteiger partial charge in [-0.3, -0.25) is 18.8 Å². The Bertz CT molecular complexity index is 1780. The van der Waals surface area contributed by atoms with E-state index in [0.717, 1.165) is 28.1 Å². The third-order valence-corrected chi connectivity index (χ3v) is 8.48. The molecule has 4 aromatic rings. The lowest BCUT2D eigenvalue weighted by Gasteiger charge is -2.30. The van der Waals surface area contributed by atoms with Crippen LogP contribution in [0.25, 0.3) is 23.4 Å². The molecule has 2 aliphatic carbocycles. The summed E-state index contributed by atoms with van der Waals surface area (Å²) in [7, 11) is 4.70. The van der Waals surface area contributed by atoms with Gasteiger partial charge in [0.1, 0.15) is 11.5 Å². The number of benzene rings is 3. The van der Waals surface area contributed by atoms with Crippen LogP contribution in [0.5, 0.6) is 11.5 Å². The van der Waals surface area contributed by atoms with E-state index in [1.165, 1.54) is 12.2 Å². The average Bonchev–Trinajstić information content (AvgIpc) is 3.42. The van der Waals surface area contributed by atoms with Gasteiger partial charge >= 0.3 is 5.69 Å². The van der Waals surface area contributed by atoms with Crippen LogP contribution in [0.15, 0.2) is 89.2 Å². The van der Waals surface area contributed by atoms with Gasteiger partial charge in [0, 0.05) is 24.6 Å². The predicted molar refractivity (Wildman–Crippen MR) is 167 cm³/mol. The molecule has 0 aliphatic heterocycles. The Morgan fingerprint density at radius 2 is 1.63 bits per heavy atom. The average molecular weight is 578 g/mol. The highest BCUT2D eigenvalue weighted by Crippen LogP contribution is 2.54. The standard InChI is InChI=1S/C35H35N3O5/c1-35-23-24-11-8-9-14-28(24)29(35)21-32-31(22-30(35)33(39)36(2)42-4)37(19-10-20-43-27-12-6-5-7-13-27)34(40)38(32)25-15-17-26(41-3)18-16-25/h5-9,11-18,21-22H,10,19-20,23H2,1-4H3/t35-/m0/s1. The molecule has 220 valence electrons. The van der Waals surface area contributed by atoms with Gasteiger partial charge in [-0.05, 0) is 78.1 Å². The first-order valence-corrected chi connectivity index (χ1v) is 14.4. The molecule has 0 radical (unpaired) electrons. The maximum absolute atomic E-state index is 14.2. The first-order valence-electron chi connectivity index (χ1n) is 14.4. The zero-order valence-electron chi connectivity index (χ0n) is 24.9. The van der Waals surface area contributed by atoms with Crippen LogP contribution in [0.1, 0.15) is 35.9 Å². The van der Waals surface area contributed by atoms with Gasteiger partial charge in [-0.2, -0.15) is 0 Å². The number of hydrogen-bond acceptors (Lipinski definition) is 5. The van der Waals surface area contributed by atoms with Crippen molar-refractivity contribution >= 4 is 23.6 Å². The molecule has 0 saturated heterocycles. The predicted octanol–water partition coefficient (Wildman–Crippen LogP) is 5.64. The first-order chi connectivity index (χ1) is 20.9. The van der Waals surface area contributed by atoms with E-state index in [0.29, 0.717) is 48.7 Å². The number of para-hydroxylation sites is 1. The second kappa shape index (κ2) is 11.5. The largest absolute Gasteiger partial charge is 0.497 e. The summed E-state index contributed by atoms with van der Waals surface area (Å²) in [6.07, 6.45) is 5.24. The van der Waals surface area contributed by atoms with Crippen LogP contribution in [-0.4, -0.2) is 48.0 Å². The van der Waals surface area contributed by atoms with Gasteiger partial charge in [0.15, 0.2) is 0 Å². The number of hydrogen-bond donors (Lipinski definition) is 0. The lowest BCUT2D eigenvalue weighted by Crippen LogP contribution is -2.34. The zero-order chi connectivity index (χ0) is 30.1. The molecule has 3 aromatic carbocycles. The Morgan fingerprint density at radius 3 is 2.35 bits per heavy atom. The Kier molecular flexibility index (Phi) is 7.54. The summed E-state index contributed by atoms with van der Waals surface area (Å²) >= 11 is 0. The number of ether oxygens (including phenoxy) is 2. The molecule has 0 bridgehead atoms. The molecular weight excluding hydrogens is 542 g/mol. The molecular formula is C35H35N3O5. The number of aromatic nitrogens is 2. The highest BCUT2D eigenvalue weighted by atomic mass is 16.7. The van der Waals surface area contributed by atoms with Crippen LogP contribution in [0.2, 0.25) is 0 Å². The number of hydroxylamine groups is 2. The van der Waals surface area contributed by atoms with E-state index in [-0.39, 0.29) is 11.6 Å². The smallest absolute Gasteiger partial charge is 0.333 e. The lowest BCUT2D eigenvalue weighted by molar-refractivity contribution is -0.164. The molecule has 0 saturated carbocycles. The molecule has 8 nitrogen and oxygen atoms in total.